The molecule has 1 fully saturated rings. The first-order valence-corrected chi connectivity index (χ1v) is 10.4. The minimum Gasteiger partial charge on any atom is -0.377 e. The van der Waals surface area contributed by atoms with E-state index in [4.69, 9.17) is 4.74 Å². The first kappa shape index (κ1) is 24.5. The molecule has 0 aliphatic heterocycles. The fraction of sp³-hybridized carbons (Fsp3) is 0.478. The lowest BCUT2D eigenvalue weighted by molar-refractivity contribution is -0.143. The summed E-state index contributed by atoms with van der Waals surface area (Å²) in [6, 6.07) is 7.72. The fourth-order valence-corrected chi connectivity index (χ4v) is 4.26. The van der Waals surface area contributed by atoms with Gasteiger partial charge in [0.2, 0.25) is 0 Å². The zero-order valence-corrected chi connectivity index (χ0v) is 17.4. The Kier molecular flexibility index (Phi) is 7.50. The van der Waals surface area contributed by atoms with Crippen molar-refractivity contribution in [3.63, 3.8) is 0 Å². The van der Waals surface area contributed by atoms with Gasteiger partial charge in [0.25, 0.3) is 0 Å². The summed E-state index contributed by atoms with van der Waals surface area (Å²) in [5, 5.41) is 3.37. The number of likely N-dealkylation sites (N-methyl/N-ethyl adjacent to an activating group) is 1. The molecule has 2 nitrogen and oxygen atoms in total. The summed E-state index contributed by atoms with van der Waals surface area (Å²) in [7, 11) is 0. The van der Waals surface area contributed by atoms with Crippen LogP contribution in [-0.2, 0) is 23.5 Å². The lowest BCUT2D eigenvalue weighted by atomic mass is 9.92. The van der Waals surface area contributed by atoms with Gasteiger partial charge >= 0.3 is 12.4 Å². The molecule has 2 aromatic carbocycles. The Bertz CT molecular complexity index is 860. The van der Waals surface area contributed by atoms with Crippen LogP contribution in [0.1, 0.15) is 47.9 Å². The highest BCUT2D eigenvalue weighted by atomic mass is 19.4. The second kappa shape index (κ2) is 9.79. The Balaban J connectivity index is 1.74. The van der Waals surface area contributed by atoms with Crippen LogP contribution in [0.15, 0.2) is 42.5 Å². The third kappa shape index (κ3) is 6.01. The molecule has 1 N–H and O–H groups in total. The van der Waals surface area contributed by atoms with E-state index in [2.05, 4.69) is 5.32 Å². The van der Waals surface area contributed by atoms with Gasteiger partial charge in [-0.1, -0.05) is 19.1 Å². The van der Waals surface area contributed by atoms with Crippen molar-refractivity contribution in [3.05, 3.63) is 70.5 Å². The Morgan fingerprint density at radius 2 is 1.50 bits per heavy atom. The molecular weight excluding hydrogens is 439 g/mol. The third-order valence-corrected chi connectivity index (χ3v) is 5.69. The maximum Gasteiger partial charge on any atom is 0.416 e. The Morgan fingerprint density at radius 3 is 2.03 bits per heavy atom. The number of hydrogen-bond donors (Lipinski definition) is 1. The largest absolute Gasteiger partial charge is 0.416 e. The predicted molar refractivity (Wildman–Crippen MR) is 106 cm³/mol. The van der Waals surface area contributed by atoms with E-state index in [1.807, 2.05) is 6.92 Å². The van der Waals surface area contributed by atoms with Gasteiger partial charge in [0.15, 0.2) is 0 Å². The monoisotopic (exact) mass is 463 g/mol. The Hall–Kier alpha value is -2.13. The first-order valence-electron chi connectivity index (χ1n) is 10.4. The van der Waals surface area contributed by atoms with Gasteiger partial charge in [-0.3, -0.25) is 0 Å². The molecule has 1 aliphatic carbocycles. The average molecular weight is 463 g/mol. The lowest BCUT2D eigenvalue weighted by Gasteiger charge is -2.26. The van der Waals surface area contributed by atoms with Crippen LogP contribution in [0.3, 0.4) is 0 Å². The SMILES string of the molecule is CCN[C@@H]1CC[C@H](OCCc2cc(C(F)(F)F)cc(C(F)(F)F)c2)[C@H]1c1ccc(F)cc1. The minimum atomic E-state index is -4.88. The van der Waals surface area contributed by atoms with Crippen LogP contribution < -0.4 is 5.32 Å². The van der Waals surface area contributed by atoms with E-state index in [0.717, 1.165) is 30.7 Å². The van der Waals surface area contributed by atoms with Crippen molar-refractivity contribution >= 4 is 0 Å². The Labute approximate surface area is 181 Å². The van der Waals surface area contributed by atoms with E-state index >= 15 is 0 Å². The molecule has 3 atom stereocenters. The van der Waals surface area contributed by atoms with Gasteiger partial charge in [-0.15, -0.1) is 0 Å². The highest BCUT2D eigenvalue weighted by Crippen LogP contribution is 2.38. The molecule has 1 saturated carbocycles. The van der Waals surface area contributed by atoms with Crippen LogP contribution >= 0.6 is 0 Å². The summed E-state index contributed by atoms with van der Waals surface area (Å²) < 4.78 is 97.6. The van der Waals surface area contributed by atoms with Crippen LogP contribution in [0.4, 0.5) is 30.7 Å². The molecule has 0 saturated heterocycles. The summed E-state index contributed by atoms with van der Waals surface area (Å²) in [5.41, 5.74) is -1.89. The summed E-state index contributed by atoms with van der Waals surface area (Å²) >= 11 is 0. The number of ether oxygens (including phenoxy) is 1. The first-order chi connectivity index (χ1) is 15.0. The van der Waals surface area contributed by atoms with E-state index in [-0.39, 0.29) is 48.5 Å². The van der Waals surface area contributed by atoms with Crippen molar-refractivity contribution in [1.29, 1.82) is 0 Å². The number of halogens is 7. The van der Waals surface area contributed by atoms with Crippen LogP contribution in [0, 0.1) is 5.82 Å². The molecule has 0 heterocycles. The normalized spacial score (nSPS) is 21.8. The second-order valence-electron chi connectivity index (χ2n) is 7.89. The van der Waals surface area contributed by atoms with Gasteiger partial charge in [-0.2, -0.15) is 26.3 Å². The van der Waals surface area contributed by atoms with Crippen LogP contribution in [0.25, 0.3) is 0 Å². The molecule has 2 aromatic rings. The summed E-state index contributed by atoms with van der Waals surface area (Å²) in [4.78, 5) is 0. The smallest absolute Gasteiger partial charge is 0.377 e. The molecule has 176 valence electrons. The van der Waals surface area contributed by atoms with Crippen LogP contribution in [-0.4, -0.2) is 25.3 Å². The summed E-state index contributed by atoms with van der Waals surface area (Å²) in [5.74, 6) is -0.461. The number of hydrogen-bond acceptors (Lipinski definition) is 2. The van der Waals surface area contributed by atoms with Crippen LogP contribution in [0.2, 0.25) is 0 Å². The van der Waals surface area contributed by atoms with Crippen molar-refractivity contribution in [2.24, 2.45) is 0 Å². The molecule has 0 radical (unpaired) electrons. The molecular formula is C23H24F7NO. The molecule has 3 rings (SSSR count). The van der Waals surface area contributed by atoms with Gasteiger partial charge in [0.05, 0.1) is 23.8 Å². The zero-order chi connectivity index (χ0) is 23.5. The fourth-order valence-electron chi connectivity index (χ4n) is 4.26. The standard InChI is InChI=1S/C23H24F7NO/c1-2-31-19-7-8-20(21(19)15-3-5-18(24)6-4-15)32-10-9-14-11-16(22(25,26)27)13-17(12-14)23(28,29)30/h3-6,11-13,19-21,31H,2,7-10H2,1H3/t19-,20+,21+/m1/s1. The molecule has 0 spiro atoms. The van der Waals surface area contributed by atoms with Gasteiger partial charge in [-0.05, 0) is 67.3 Å². The van der Waals surface area contributed by atoms with E-state index in [0.29, 0.717) is 6.42 Å². The Morgan fingerprint density at radius 1 is 0.906 bits per heavy atom. The minimum absolute atomic E-state index is 0.0280. The lowest BCUT2D eigenvalue weighted by Crippen LogP contribution is -2.34. The van der Waals surface area contributed by atoms with Crippen molar-refractivity contribution in [3.8, 4) is 0 Å². The molecule has 0 aromatic heterocycles. The summed E-state index contributed by atoms with van der Waals surface area (Å²) in [6.07, 6.45) is -8.66. The topological polar surface area (TPSA) is 21.3 Å². The van der Waals surface area contributed by atoms with Gasteiger partial charge in [-0.25, -0.2) is 4.39 Å². The van der Waals surface area contributed by atoms with Crippen molar-refractivity contribution in [2.75, 3.05) is 13.2 Å². The van der Waals surface area contributed by atoms with Crippen molar-refractivity contribution in [2.45, 2.75) is 56.6 Å². The van der Waals surface area contributed by atoms with E-state index in [1.165, 1.54) is 12.1 Å². The average Bonchev–Trinajstić information content (AvgIpc) is 3.10. The second-order valence-corrected chi connectivity index (χ2v) is 7.89. The summed E-state index contributed by atoms with van der Waals surface area (Å²) in [6.45, 7) is 2.65. The maximum atomic E-state index is 13.3. The number of nitrogens with one attached hydrogen (secondary N) is 1. The third-order valence-electron chi connectivity index (χ3n) is 5.69. The molecule has 0 unspecified atom stereocenters. The molecule has 0 bridgehead atoms. The molecule has 0 amide bonds. The number of alkyl halides is 6. The van der Waals surface area contributed by atoms with E-state index in [1.54, 1.807) is 12.1 Å². The van der Waals surface area contributed by atoms with Gasteiger partial charge in [0.1, 0.15) is 5.82 Å². The number of rotatable bonds is 7. The van der Waals surface area contributed by atoms with Crippen molar-refractivity contribution in [1.82, 2.24) is 5.32 Å². The van der Waals surface area contributed by atoms with Crippen molar-refractivity contribution < 1.29 is 35.5 Å². The number of benzene rings is 2. The molecule has 1 aliphatic rings. The maximum absolute atomic E-state index is 13.3. The zero-order valence-electron chi connectivity index (χ0n) is 17.4. The van der Waals surface area contributed by atoms with E-state index < -0.39 is 23.5 Å². The van der Waals surface area contributed by atoms with E-state index in [9.17, 15) is 30.7 Å². The van der Waals surface area contributed by atoms with Gasteiger partial charge in [0, 0.05) is 12.0 Å². The van der Waals surface area contributed by atoms with Crippen LogP contribution in [0.5, 0.6) is 0 Å². The highest BCUT2D eigenvalue weighted by Gasteiger charge is 2.38. The quantitative estimate of drug-likeness (QED) is 0.484. The van der Waals surface area contributed by atoms with Gasteiger partial charge < -0.3 is 10.1 Å². The molecule has 32 heavy (non-hydrogen) atoms. The highest BCUT2D eigenvalue weighted by molar-refractivity contribution is 5.34. The molecule has 9 heteroatoms. The predicted octanol–water partition coefficient (Wildman–Crippen LogP) is 6.35.